The van der Waals surface area contributed by atoms with Crippen LogP contribution in [-0.2, 0) is 0 Å². The van der Waals surface area contributed by atoms with Crippen LogP contribution in [-0.4, -0.2) is 6.54 Å². The van der Waals surface area contributed by atoms with Crippen LogP contribution in [0.1, 0.15) is 45.2 Å². The molecule has 0 aliphatic rings. The van der Waals surface area contributed by atoms with Crippen molar-refractivity contribution < 1.29 is 0 Å². The van der Waals surface area contributed by atoms with Crippen molar-refractivity contribution in [3.8, 4) is 0 Å². The summed E-state index contributed by atoms with van der Waals surface area (Å²) in [5.41, 5.74) is 1.32. The summed E-state index contributed by atoms with van der Waals surface area (Å²) in [6.07, 6.45) is 2.50. The van der Waals surface area contributed by atoms with Crippen molar-refractivity contribution in [3.05, 3.63) is 32.7 Å². The molecule has 1 N–H and O–H groups in total. The Kier molecular flexibility index (Phi) is 6.75. The fourth-order valence-corrected chi connectivity index (χ4v) is 3.27. The highest BCUT2D eigenvalue weighted by Gasteiger charge is 2.11. The summed E-state index contributed by atoms with van der Waals surface area (Å²) in [7, 11) is 0. The van der Waals surface area contributed by atoms with Crippen molar-refractivity contribution in [1.82, 2.24) is 5.32 Å². The SMILES string of the molecule is CCC(CC)CNC(C)c1ccc(Br)cc1Br. The lowest BCUT2D eigenvalue weighted by atomic mass is 10.0. The van der Waals surface area contributed by atoms with Crippen LogP contribution < -0.4 is 5.32 Å². The van der Waals surface area contributed by atoms with Gasteiger partial charge in [0.2, 0.25) is 0 Å². The average Bonchev–Trinajstić information content (AvgIpc) is 2.30. The van der Waals surface area contributed by atoms with E-state index >= 15 is 0 Å². The highest BCUT2D eigenvalue weighted by Crippen LogP contribution is 2.26. The van der Waals surface area contributed by atoms with E-state index in [9.17, 15) is 0 Å². The maximum absolute atomic E-state index is 3.62. The van der Waals surface area contributed by atoms with Crippen molar-refractivity contribution in [1.29, 1.82) is 0 Å². The van der Waals surface area contributed by atoms with Crippen molar-refractivity contribution >= 4 is 31.9 Å². The second-order valence-corrected chi connectivity index (χ2v) is 6.25. The molecule has 0 aromatic heterocycles. The van der Waals surface area contributed by atoms with Gasteiger partial charge in [0.25, 0.3) is 0 Å². The Hall–Kier alpha value is 0.140. The summed E-state index contributed by atoms with van der Waals surface area (Å²) in [5.74, 6) is 0.784. The summed E-state index contributed by atoms with van der Waals surface area (Å²) in [6.45, 7) is 7.83. The first-order valence-electron chi connectivity index (χ1n) is 6.26. The maximum atomic E-state index is 3.62. The molecule has 1 nitrogen and oxygen atoms in total. The molecule has 0 aliphatic carbocycles. The molecular formula is C14H21Br2N. The molecule has 0 fully saturated rings. The zero-order valence-corrected chi connectivity index (χ0v) is 13.9. The highest BCUT2D eigenvalue weighted by atomic mass is 79.9. The van der Waals surface area contributed by atoms with Gasteiger partial charge in [-0.25, -0.2) is 0 Å². The molecule has 1 unspecified atom stereocenters. The second-order valence-electron chi connectivity index (χ2n) is 4.48. The van der Waals surface area contributed by atoms with E-state index < -0.39 is 0 Å². The molecule has 0 bridgehead atoms. The van der Waals surface area contributed by atoms with Gasteiger partial charge >= 0.3 is 0 Å². The van der Waals surface area contributed by atoms with Gasteiger partial charge in [-0.3, -0.25) is 0 Å². The van der Waals surface area contributed by atoms with Crippen LogP contribution >= 0.6 is 31.9 Å². The summed E-state index contributed by atoms with van der Waals surface area (Å²) in [5, 5.41) is 3.62. The number of nitrogens with one attached hydrogen (secondary N) is 1. The second kappa shape index (κ2) is 7.55. The van der Waals surface area contributed by atoms with Gasteiger partial charge in [0.05, 0.1) is 0 Å². The molecule has 0 radical (unpaired) electrons. The Morgan fingerprint density at radius 3 is 2.35 bits per heavy atom. The third kappa shape index (κ3) is 4.72. The van der Waals surface area contributed by atoms with E-state index in [1.165, 1.54) is 18.4 Å². The summed E-state index contributed by atoms with van der Waals surface area (Å²) in [6, 6.07) is 6.75. The average molecular weight is 363 g/mol. The maximum Gasteiger partial charge on any atom is 0.0303 e. The van der Waals surface area contributed by atoms with Gasteiger partial charge in [-0.05, 0) is 37.1 Å². The predicted octanol–water partition coefficient (Wildman–Crippen LogP) is 5.30. The van der Waals surface area contributed by atoms with Crippen LogP contribution in [0.3, 0.4) is 0 Å². The molecule has 17 heavy (non-hydrogen) atoms. The molecule has 0 saturated carbocycles. The molecular weight excluding hydrogens is 342 g/mol. The van der Waals surface area contributed by atoms with Gasteiger partial charge in [0.15, 0.2) is 0 Å². The smallest absolute Gasteiger partial charge is 0.0303 e. The molecule has 1 aromatic rings. The molecule has 0 amide bonds. The molecule has 1 rings (SSSR count). The first-order valence-corrected chi connectivity index (χ1v) is 7.85. The standard InChI is InChI=1S/C14H21Br2N/c1-4-11(5-2)9-17-10(3)13-7-6-12(15)8-14(13)16/h6-8,10-11,17H,4-5,9H2,1-3H3. The van der Waals surface area contributed by atoms with Crippen molar-refractivity contribution in [2.75, 3.05) is 6.54 Å². The number of hydrogen-bond donors (Lipinski definition) is 1. The highest BCUT2D eigenvalue weighted by molar-refractivity contribution is 9.11. The molecule has 1 atom stereocenters. The van der Waals surface area contributed by atoms with Crippen LogP contribution in [0.2, 0.25) is 0 Å². The first-order chi connectivity index (χ1) is 8.08. The van der Waals surface area contributed by atoms with Crippen LogP contribution in [0.25, 0.3) is 0 Å². The van der Waals surface area contributed by atoms with Crippen LogP contribution in [0.4, 0.5) is 0 Å². The van der Waals surface area contributed by atoms with E-state index in [0.717, 1.165) is 21.4 Å². The number of rotatable bonds is 6. The topological polar surface area (TPSA) is 12.0 Å². The van der Waals surface area contributed by atoms with Crippen LogP contribution in [0.5, 0.6) is 0 Å². The summed E-state index contributed by atoms with van der Waals surface area (Å²) < 4.78 is 2.27. The van der Waals surface area contributed by atoms with Crippen LogP contribution in [0.15, 0.2) is 27.1 Å². The third-order valence-electron chi connectivity index (χ3n) is 3.30. The van der Waals surface area contributed by atoms with E-state index in [1.807, 2.05) is 0 Å². The predicted molar refractivity (Wildman–Crippen MR) is 82.3 cm³/mol. The summed E-state index contributed by atoms with van der Waals surface area (Å²) in [4.78, 5) is 0. The van der Waals surface area contributed by atoms with Gasteiger partial charge in [-0.2, -0.15) is 0 Å². The third-order valence-corrected chi connectivity index (χ3v) is 4.48. The van der Waals surface area contributed by atoms with Gasteiger partial charge in [-0.15, -0.1) is 0 Å². The Morgan fingerprint density at radius 1 is 1.18 bits per heavy atom. The fourth-order valence-electron chi connectivity index (χ4n) is 1.88. The Bertz CT molecular complexity index is 348. The lowest BCUT2D eigenvalue weighted by Gasteiger charge is -2.20. The van der Waals surface area contributed by atoms with E-state index in [-0.39, 0.29) is 0 Å². The first kappa shape index (κ1) is 15.2. The van der Waals surface area contributed by atoms with Gasteiger partial charge in [0, 0.05) is 15.0 Å². The zero-order chi connectivity index (χ0) is 12.8. The van der Waals surface area contributed by atoms with E-state index in [0.29, 0.717) is 6.04 Å². The zero-order valence-electron chi connectivity index (χ0n) is 10.8. The van der Waals surface area contributed by atoms with Crippen molar-refractivity contribution in [2.45, 2.75) is 39.7 Å². The summed E-state index contributed by atoms with van der Waals surface area (Å²) >= 11 is 7.10. The monoisotopic (exact) mass is 361 g/mol. The molecule has 96 valence electrons. The number of benzene rings is 1. The van der Waals surface area contributed by atoms with Crippen molar-refractivity contribution in [3.63, 3.8) is 0 Å². The van der Waals surface area contributed by atoms with Crippen molar-refractivity contribution in [2.24, 2.45) is 5.92 Å². The van der Waals surface area contributed by atoms with Gasteiger partial charge in [-0.1, -0.05) is 64.6 Å². The fraction of sp³-hybridized carbons (Fsp3) is 0.571. The van der Waals surface area contributed by atoms with E-state index in [1.54, 1.807) is 0 Å². The Labute approximate surface area is 122 Å². The Morgan fingerprint density at radius 2 is 1.82 bits per heavy atom. The van der Waals surface area contributed by atoms with E-state index in [2.05, 4.69) is 76.1 Å². The van der Waals surface area contributed by atoms with Crippen LogP contribution in [0, 0.1) is 5.92 Å². The van der Waals surface area contributed by atoms with E-state index in [4.69, 9.17) is 0 Å². The normalized spacial score (nSPS) is 13.1. The molecule has 0 aliphatic heterocycles. The van der Waals surface area contributed by atoms with Gasteiger partial charge in [0.1, 0.15) is 0 Å². The lowest BCUT2D eigenvalue weighted by molar-refractivity contribution is 0.422. The molecule has 0 saturated heterocycles. The molecule has 0 spiro atoms. The quantitative estimate of drug-likeness (QED) is 0.724. The largest absolute Gasteiger partial charge is 0.310 e. The minimum absolute atomic E-state index is 0.387. The molecule has 3 heteroatoms. The lowest BCUT2D eigenvalue weighted by Crippen LogP contribution is -2.25. The number of hydrogen-bond acceptors (Lipinski definition) is 1. The molecule has 1 aromatic carbocycles. The Balaban J connectivity index is 2.60. The molecule has 0 heterocycles. The van der Waals surface area contributed by atoms with Gasteiger partial charge < -0.3 is 5.32 Å². The minimum atomic E-state index is 0.387. The number of halogens is 2. The minimum Gasteiger partial charge on any atom is -0.310 e.